The Bertz CT molecular complexity index is 956. The highest BCUT2D eigenvalue weighted by Crippen LogP contribution is 2.30. The van der Waals surface area contributed by atoms with Crippen molar-refractivity contribution in [2.75, 3.05) is 31.7 Å². The molecule has 0 radical (unpaired) electrons. The quantitative estimate of drug-likeness (QED) is 0.765. The molecule has 0 unspecified atom stereocenters. The van der Waals surface area contributed by atoms with E-state index < -0.39 is 5.91 Å². The largest absolute Gasteiger partial charge is 0.497 e. The molecule has 1 aromatic heterocycles. The van der Waals surface area contributed by atoms with Crippen LogP contribution in [-0.2, 0) is 4.74 Å². The lowest BCUT2D eigenvalue weighted by Crippen LogP contribution is -2.38. The summed E-state index contributed by atoms with van der Waals surface area (Å²) in [4.78, 5) is 17.7. The molecule has 1 fully saturated rings. The highest BCUT2D eigenvalue weighted by Gasteiger charge is 2.24. The lowest BCUT2D eigenvalue weighted by molar-refractivity contribution is 0.0398. The summed E-state index contributed by atoms with van der Waals surface area (Å²) in [6, 6.07) is 12.4. The van der Waals surface area contributed by atoms with E-state index in [9.17, 15) is 4.79 Å². The molecule has 1 atom stereocenters. The van der Waals surface area contributed by atoms with Crippen LogP contribution in [-0.4, -0.2) is 37.7 Å². The number of hydrogen-bond donors (Lipinski definition) is 1. The number of fused-ring (bicyclic) bond motifs is 1. The van der Waals surface area contributed by atoms with Crippen LogP contribution in [0.25, 0.3) is 10.8 Å². The molecule has 26 heavy (non-hydrogen) atoms. The van der Waals surface area contributed by atoms with Gasteiger partial charge >= 0.3 is 0 Å². The van der Waals surface area contributed by atoms with E-state index in [1.54, 1.807) is 12.5 Å². The van der Waals surface area contributed by atoms with E-state index in [0.717, 1.165) is 33.8 Å². The average molecular weight is 369 g/mol. The van der Waals surface area contributed by atoms with Crippen LogP contribution in [0.5, 0.6) is 5.75 Å². The molecule has 2 aromatic carbocycles. The first-order valence-electron chi connectivity index (χ1n) is 8.33. The summed E-state index contributed by atoms with van der Waals surface area (Å²) in [6.45, 7) is 2.04. The topological polar surface area (TPSA) is 77.7 Å². The minimum Gasteiger partial charge on any atom is -0.497 e. The van der Waals surface area contributed by atoms with E-state index in [-0.39, 0.29) is 6.10 Å². The number of primary amides is 1. The fourth-order valence-corrected chi connectivity index (χ4v) is 3.97. The van der Waals surface area contributed by atoms with Crippen molar-refractivity contribution in [1.29, 1.82) is 0 Å². The zero-order valence-electron chi connectivity index (χ0n) is 14.3. The molecule has 1 amide bonds. The number of benzene rings is 2. The number of thiazole rings is 1. The van der Waals surface area contributed by atoms with Gasteiger partial charge in [-0.3, -0.25) is 4.79 Å². The monoisotopic (exact) mass is 369 g/mol. The lowest BCUT2D eigenvalue weighted by atomic mass is 10.0. The molecule has 7 heteroatoms. The van der Waals surface area contributed by atoms with Crippen molar-refractivity contribution in [2.45, 2.75) is 6.10 Å². The number of aromatic nitrogens is 1. The van der Waals surface area contributed by atoms with Crippen molar-refractivity contribution in [3.8, 4) is 5.75 Å². The van der Waals surface area contributed by atoms with Crippen molar-refractivity contribution >= 4 is 33.1 Å². The molecule has 0 aliphatic carbocycles. The molecule has 134 valence electrons. The molecular weight excluding hydrogens is 350 g/mol. The molecule has 0 saturated carbocycles. The molecule has 3 aromatic rings. The lowest BCUT2D eigenvalue weighted by Gasteiger charge is -2.33. The number of morpholine rings is 1. The first-order valence-corrected chi connectivity index (χ1v) is 9.21. The Hall–Kier alpha value is -2.64. The van der Waals surface area contributed by atoms with Gasteiger partial charge < -0.3 is 20.1 Å². The number of anilines is 1. The minimum atomic E-state index is -0.498. The number of methoxy groups -OCH3 is 1. The van der Waals surface area contributed by atoms with Gasteiger partial charge in [-0.2, -0.15) is 0 Å². The van der Waals surface area contributed by atoms with Crippen LogP contribution >= 0.6 is 11.3 Å². The van der Waals surface area contributed by atoms with Crippen molar-refractivity contribution in [3.63, 3.8) is 0 Å². The van der Waals surface area contributed by atoms with Gasteiger partial charge in [0.25, 0.3) is 5.91 Å². The molecule has 6 nitrogen and oxygen atoms in total. The van der Waals surface area contributed by atoms with E-state index in [1.165, 1.54) is 11.3 Å². The number of carbonyl (C=O) groups excluding carboxylic acids is 1. The molecular formula is C19H19N3O3S. The van der Waals surface area contributed by atoms with Crippen LogP contribution in [0.2, 0.25) is 0 Å². The van der Waals surface area contributed by atoms with Crippen molar-refractivity contribution in [3.05, 3.63) is 53.0 Å². The molecule has 0 bridgehead atoms. The summed E-state index contributed by atoms with van der Waals surface area (Å²) in [5.41, 5.74) is 6.74. The van der Waals surface area contributed by atoms with Gasteiger partial charge in [-0.05, 0) is 34.5 Å². The fraction of sp³-hybridized carbons (Fsp3) is 0.263. The molecule has 2 heterocycles. The number of hydrogen-bond acceptors (Lipinski definition) is 6. The van der Waals surface area contributed by atoms with E-state index in [4.69, 9.17) is 15.2 Å². The maximum absolute atomic E-state index is 11.3. The summed E-state index contributed by atoms with van der Waals surface area (Å²) in [5, 5.41) is 4.78. The molecule has 1 aliphatic rings. The molecule has 1 aliphatic heterocycles. The van der Waals surface area contributed by atoms with Gasteiger partial charge in [0, 0.05) is 11.9 Å². The summed E-state index contributed by atoms with van der Waals surface area (Å²) in [5.74, 6) is 0.349. The normalized spacial score (nSPS) is 17.4. The molecule has 0 spiro atoms. The number of nitrogens with two attached hydrogens (primary N) is 1. The van der Waals surface area contributed by atoms with Gasteiger partial charge in [0.1, 0.15) is 17.5 Å². The number of amides is 1. The van der Waals surface area contributed by atoms with Crippen molar-refractivity contribution in [2.24, 2.45) is 5.73 Å². The van der Waals surface area contributed by atoms with Crippen LogP contribution in [0.3, 0.4) is 0 Å². The summed E-state index contributed by atoms with van der Waals surface area (Å²) < 4.78 is 11.3. The standard InChI is InChI=1S/C19H19N3O3S/c1-24-15-5-4-12-8-14(3-2-13(12)9-15)17-10-22(6-7-25-17)19-21-16(11-26-19)18(20)23/h2-5,8-9,11,17H,6-7,10H2,1H3,(H2,20,23)/t17-/m1/s1. The highest BCUT2D eigenvalue weighted by atomic mass is 32.1. The maximum Gasteiger partial charge on any atom is 0.268 e. The first kappa shape index (κ1) is 16.8. The Morgan fingerprint density at radius 1 is 1.31 bits per heavy atom. The zero-order valence-corrected chi connectivity index (χ0v) is 15.2. The van der Waals surface area contributed by atoms with E-state index in [1.807, 2.05) is 12.1 Å². The zero-order chi connectivity index (χ0) is 18.1. The summed E-state index contributed by atoms with van der Waals surface area (Å²) in [7, 11) is 1.67. The summed E-state index contributed by atoms with van der Waals surface area (Å²) >= 11 is 1.43. The second-order valence-corrected chi connectivity index (χ2v) is 6.99. The Morgan fingerprint density at radius 3 is 2.88 bits per heavy atom. The van der Waals surface area contributed by atoms with Crippen LogP contribution in [0.4, 0.5) is 5.13 Å². The average Bonchev–Trinajstić information content (AvgIpc) is 3.18. The molecule has 4 rings (SSSR count). The van der Waals surface area contributed by atoms with Crippen LogP contribution in [0.15, 0.2) is 41.8 Å². The Labute approximate surface area is 155 Å². The summed E-state index contributed by atoms with van der Waals surface area (Å²) in [6.07, 6.45) is -0.0452. The Morgan fingerprint density at radius 2 is 2.12 bits per heavy atom. The van der Waals surface area contributed by atoms with Crippen LogP contribution in [0, 0.1) is 0 Å². The predicted octanol–water partition coefficient (Wildman–Crippen LogP) is 2.98. The van der Waals surface area contributed by atoms with E-state index >= 15 is 0 Å². The smallest absolute Gasteiger partial charge is 0.268 e. The SMILES string of the molecule is COc1ccc2cc([C@H]3CN(c4nc(C(N)=O)cs4)CCO3)ccc2c1. The first-order chi connectivity index (χ1) is 12.6. The van der Waals surface area contributed by atoms with Gasteiger partial charge in [-0.1, -0.05) is 18.2 Å². The van der Waals surface area contributed by atoms with Gasteiger partial charge in [0.15, 0.2) is 5.13 Å². The Kier molecular flexibility index (Phi) is 4.48. The second-order valence-electron chi connectivity index (χ2n) is 6.16. The van der Waals surface area contributed by atoms with Crippen molar-refractivity contribution in [1.82, 2.24) is 4.98 Å². The van der Waals surface area contributed by atoms with E-state index in [0.29, 0.717) is 18.8 Å². The van der Waals surface area contributed by atoms with Crippen molar-refractivity contribution < 1.29 is 14.3 Å². The third-order valence-electron chi connectivity index (χ3n) is 4.52. The fourth-order valence-electron chi connectivity index (χ4n) is 3.12. The third-order valence-corrected chi connectivity index (χ3v) is 5.43. The van der Waals surface area contributed by atoms with E-state index in [2.05, 4.69) is 34.1 Å². The molecule has 1 saturated heterocycles. The number of rotatable bonds is 4. The number of carbonyl (C=O) groups is 1. The Balaban J connectivity index is 1.57. The number of nitrogens with zero attached hydrogens (tertiary/aromatic N) is 2. The van der Waals surface area contributed by atoms with Gasteiger partial charge in [0.05, 0.1) is 20.3 Å². The van der Waals surface area contributed by atoms with Gasteiger partial charge in [-0.15, -0.1) is 11.3 Å². The highest BCUT2D eigenvalue weighted by molar-refractivity contribution is 7.13. The minimum absolute atomic E-state index is 0.0452. The maximum atomic E-state index is 11.3. The third kappa shape index (κ3) is 3.23. The van der Waals surface area contributed by atoms with Gasteiger partial charge in [0.2, 0.25) is 0 Å². The predicted molar refractivity (Wildman–Crippen MR) is 102 cm³/mol. The number of ether oxygens (including phenoxy) is 2. The van der Waals surface area contributed by atoms with Crippen LogP contribution < -0.4 is 15.4 Å². The second kappa shape index (κ2) is 6.93. The molecule has 2 N–H and O–H groups in total. The van der Waals surface area contributed by atoms with Crippen LogP contribution in [0.1, 0.15) is 22.2 Å². The van der Waals surface area contributed by atoms with Gasteiger partial charge in [-0.25, -0.2) is 4.98 Å².